The van der Waals surface area contributed by atoms with Gasteiger partial charge in [0.25, 0.3) is 0 Å². The van der Waals surface area contributed by atoms with Crippen molar-refractivity contribution in [1.82, 2.24) is 4.57 Å². The van der Waals surface area contributed by atoms with Crippen LogP contribution in [0.5, 0.6) is 5.75 Å². The second-order valence-electron chi connectivity index (χ2n) is 3.99. The van der Waals surface area contributed by atoms with Crippen LogP contribution < -0.4 is 5.43 Å². The topological polar surface area (TPSA) is 71.7 Å². The minimum absolute atomic E-state index is 0.00172. The second kappa shape index (κ2) is 4.27. The van der Waals surface area contributed by atoms with Crippen LogP contribution in [0.25, 0.3) is 0 Å². The standard InChI is InChI=1S/C11H15NO4/c1-7-11(15)9(14)4-5-12(7)10-3-2-8(6-13)16-10/h4-5,8,10,13,15H,2-3,6H2,1H3/t8-,10-/m0/s1. The van der Waals surface area contributed by atoms with Crippen LogP contribution in [-0.4, -0.2) is 27.5 Å². The third-order valence-corrected chi connectivity index (χ3v) is 2.95. The Morgan fingerprint density at radius 2 is 2.31 bits per heavy atom. The van der Waals surface area contributed by atoms with E-state index in [0.717, 1.165) is 12.8 Å². The maximum Gasteiger partial charge on any atom is 0.223 e. The number of nitrogens with zero attached hydrogens (tertiary/aromatic N) is 1. The molecule has 2 atom stereocenters. The molecule has 5 nitrogen and oxygen atoms in total. The minimum atomic E-state index is -0.384. The van der Waals surface area contributed by atoms with Crippen molar-refractivity contribution in [2.24, 2.45) is 0 Å². The summed E-state index contributed by atoms with van der Waals surface area (Å²) < 4.78 is 7.30. The summed E-state index contributed by atoms with van der Waals surface area (Å²) in [4.78, 5) is 11.2. The predicted octanol–water partition coefficient (Wildman–Crippen LogP) is 0.532. The van der Waals surface area contributed by atoms with Gasteiger partial charge in [-0.05, 0) is 19.8 Å². The number of pyridine rings is 1. The zero-order valence-electron chi connectivity index (χ0n) is 9.09. The van der Waals surface area contributed by atoms with E-state index in [1.54, 1.807) is 17.7 Å². The number of aliphatic hydroxyl groups is 1. The van der Waals surface area contributed by atoms with Gasteiger partial charge in [0.05, 0.1) is 18.4 Å². The van der Waals surface area contributed by atoms with E-state index in [1.807, 2.05) is 0 Å². The Bertz CT molecular complexity index is 440. The van der Waals surface area contributed by atoms with E-state index in [9.17, 15) is 9.90 Å². The van der Waals surface area contributed by atoms with Gasteiger partial charge in [0.15, 0.2) is 5.75 Å². The fourth-order valence-corrected chi connectivity index (χ4v) is 1.98. The first-order chi connectivity index (χ1) is 7.63. The van der Waals surface area contributed by atoms with Crippen LogP contribution in [0.2, 0.25) is 0 Å². The summed E-state index contributed by atoms with van der Waals surface area (Å²) in [5.41, 5.74) is 0.113. The maximum absolute atomic E-state index is 11.2. The van der Waals surface area contributed by atoms with Crippen molar-refractivity contribution >= 4 is 0 Å². The number of aromatic hydroxyl groups is 1. The van der Waals surface area contributed by atoms with Gasteiger partial charge in [0, 0.05) is 12.3 Å². The lowest BCUT2D eigenvalue weighted by atomic mass is 10.2. The molecule has 0 radical (unpaired) electrons. The van der Waals surface area contributed by atoms with E-state index < -0.39 is 0 Å². The first-order valence-corrected chi connectivity index (χ1v) is 5.30. The van der Waals surface area contributed by atoms with Crippen molar-refractivity contribution in [2.45, 2.75) is 32.1 Å². The number of aromatic nitrogens is 1. The number of rotatable bonds is 2. The third kappa shape index (κ3) is 1.83. The maximum atomic E-state index is 11.2. The average Bonchev–Trinajstić information content (AvgIpc) is 2.74. The molecular weight excluding hydrogens is 210 g/mol. The van der Waals surface area contributed by atoms with Crippen LogP contribution in [0.4, 0.5) is 0 Å². The van der Waals surface area contributed by atoms with Crippen molar-refractivity contribution in [1.29, 1.82) is 0 Å². The van der Waals surface area contributed by atoms with Gasteiger partial charge in [-0.1, -0.05) is 0 Å². The van der Waals surface area contributed by atoms with Crippen LogP contribution >= 0.6 is 0 Å². The van der Waals surface area contributed by atoms with Crippen LogP contribution in [-0.2, 0) is 4.74 Å². The van der Waals surface area contributed by atoms with E-state index in [4.69, 9.17) is 9.84 Å². The summed E-state index contributed by atoms with van der Waals surface area (Å²) in [6.07, 6.45) is 2.82. The third-order valence-electron chi connectivity index (χ3n) is 2.95. The van der Waals surface area contributed by atoms with Crippen LogP contribution in [0.1, 0.15) is 24.8 Å². The highest BCUT2D eigenvalue weighted by molar-refractivity contribution is 5.25. The summed E-state index contributed by atoms with van der Waals surface area (Å²) in [7, 11) is 0. The molecule has 0 unspecified atom stereocenters. The van der Waals surface area contributed by atoms with E-state index >= 15 is 0 Å². The lowest BCUT2D eigenvalue weighted by Gasteiger charge is -2.19. The molecule has 1 aliphatic heterocycles. The Morgan fingerprint density at radius 1 is 1.56 bits per heavy atom. The number of ether oxygens (including phenoxy) is 1. The zero-order chi connectivity index (χ0) is 11.7. The second-order valence-corrected chi connectivity index (χ2v) is 3.99. The van der Waals surface area contributed by atoms with Gasteiger partial charge in [-0.25, -0.2) is 0 Å². The molecule has 1 aliphatic rings. The van der Waals surface area contributed by atoms with Gasteiger partial charge in [0.2, 0.25) is 5.43 Å². The Labute approximate surface area is 92.9 Å². The minimum Gasteiger partial charge on any atom is -0.503 e. The summed E-state index contributed by atoms with van der Waals surface area (Å²) in [6.45, 7) is 1.67. The van der Waals surface area contributed by atoms with Crippen molar-refractivity contribution in [3.05, 3.63) is 28.2 Å². The van der Waals surface area contributed by atoms with E-state index in [2.05, 4.69) is 0 Å². The monoisotopic (exact) mass is 225 g/mol. The predicted molar refractivity (Wildman–Crippen MR) is 57.3 cm³/mol. The SMILES string of the molecule is Cc1c(O)c(=O)ccn1[C@@H]1CC[C@@H](CO)O1. The lowest BCUT2D eigenvalue weighted by Crippen LogP contribution is -2.17. The molecule has 2 rings (SSSR count). The molecule has 5 heteroatoms. The van der Waals surface area contributed by atoms with Crippen LogP contribution in [0, 0.1) is 6.92 Å². The van der Waals surface area contributed by atoms with Gasteiger partial charge < -0.3 is 19.5 Å². The zero-order valence-corrected chi connectivity index (χ0v) is 9.09. The number of hydrogen-bond donors (Lipinski definition) is 2. The Balaban J connectivity index is 2.29. The smallest absolute Gasteiger partial charge is 0.223 e. The fourth-order valence-electron chi connectivity index (χ4n) is 1.98. The lowest BCUT2D eigenvalue weighted by molar-refractivity contribution is -0.0237. The molecule has 0 aromatic carbocycles. The molecule has 2 N–H and O–H groups in total. The van der Waals surface area contributed by atoms with Gasteiger partial charge in [0.1, 0.15) is 6.23 Å². The van der Waals surface area contributed by atoms with Gasteiger partial charge >= 0.3 is 0 Å². The quantitative estimate of drug-likeness (QED) is 0.770. The molecule has 0 spiro atoms. The van der Waals surface area contributed by atoms with Gasteiger partial charge in [-0.3, -0.25) is 4.79 Å². The Morgan fingerprint density at radius 3 is 2.94 bits per heavy atom. The molecule has 16 heavy (non-hydrogen) atoms. The highest BCUT2D eigenvalue weighted by Gasteiger charge is 2.26. The first kappa shape index (κ1) is 11.2. The molecule has 0 saturated carbocycles. The van der Waals surface area contributed by atoms with Crippen LogP contribution in [0.15, 0.2) is 17.1 Å². The Kier molecular flexibility index (Phi) is 2.98. The molecule has 1 aromatic heterocycles. The van der Waals surface area contributed by atoms with E-state index in [-0.39, 0.29) is 30.1 Å². The summed E-state index contributed by atoms with van der Waals surface area (Å²) in [6, 6.07) is 1.32. The molecule has 1 aromatic rings. The average molecular weight is 225 g/mol. The molecule has 0 amide bonds. The molecule has 1 fully saturated rings. The Hall–Kier alpha value is -1.33. The molecule has 88 valence electrons. The molecular formula is C11H15NO4. The van der Waals surface area contributed by atoms with E-state index in [1.165, 1.54) is 6.07 Å². The van der Waals surface area contributed by atoms with Crippen molar-refractivity contribution < 1.29 is 14.9 Å². The largest absolute Gasteiger partial charge is 0.503 e. The fraction of sp³-hybridized carbons (Fsp3) is 0.545. The molecule has 0 bridgehead atoms. The van der Waals surface area contributed by atoms with Gasteiger partial charge in [-0.15, -0.1) is 0 Å². The van der Waals surface area contributed by atoms with E-state index in [0.29, 0.717) is 5.69 Å². The highest BCUT2D eigenvalue weighted by Crippen LogP contribution is 2.29. The number of aliphatic hydroxyl groups excluding tert-OH is 1. The normalized spacial score (nSPS) is 24.9. The summed E-state index contributed by atoms with van der Waals surface area (Å²) >= 11 is 0. The molecule has 1 saturated heterocycles. The van der Waals surface area contributed by atoms with Crippen molar-refractivity contribution in [3.8, 4) is 5.75 Å². The first-order valence-electron chi connectivity index (χ1n) is 5.30. The van der Waals surface area contributed by atoms with Crippen molar-refractivity contribution in [2.75, 3.05) is 6.61 Å². The summed E-state index contributed by atoms with van der Waals surface area (Å²) in [5.74, 6) is -0.237. The molecule has 2 heterocycles. The van der Waals surface area contributed by atoms with Gasteiger partial charge in [-0.2, -0.15) is 0 Å². The van der Waals surface area contributed by atoms with Crippen molar-refractivity contribution in [3.63, 3.8) is 0 Å². The molecule has 0 aliphatic carbocycles. The summed E-state index contributed by atoms with van der Waals surface area (Å²) in [5, 5.41) is 18.5. The number of hydrogen-bond acceptors (Lipinski definition) is 4. The van der Waals surface area contributed by atoms with Crippen LogP contribution in [0.3, 0.4) is 0 Å². The highest BCUT2D eigenvalue weighted by atomic mass is 16.5.